The topological polar surface area (TPSA) is 34.9 Å². The molecule has 1 aromatic carbocycles. The lowest BCUT2D eigenvalue weighted by Crippen LogP contribution is -2.22. The first-order chi connectivity index (χ1) is 8.74. The maximum Gasteiger partial charge on any atom is 0.274 e. The van der Waals surface area contributed by atoms with Gasteiger partial charge < -0.3 is 0 Å². The van der Waals surface area contributed by atoms with Gasteiger partial charge in [0, 0.05) is 5.39 Å². The van der Waals surface area contributed by atoms with Crippen LogP contribution in [0.1, 0.15) is 5.56 Å². The van der Waals surface area contributed by atoms with Crippen molar-refractivity contribution in [1.82, 2.24) is 9.78 Å². The number of halogens is 1. The van der Waals surface area contributed by atoms with Crippen molar-refractivity contribution in [3.63, 3.8) is 0 Å². The van der Waals surface area contributed by atoms with E-state index in [9.17, 15) is 4.79 Å². The van der Waals surface area contributed by atoms with Gasteiger partial charge in [0.2, 0.25) is 0 Å². The third kappa shape index (κ3) is 2.11. The van der Waals surface area contributed by atoms with Crippen molar-refractivity contribution in [1.29, 1.82) is 0 Å². The van der Waals surface area contributed by atoms with Gasteiger partial charge in [0.1, 0.15) is 0 Å². The monoisotopic (exact) mass is 320 g/mol. The van der Waals surface area contributed by atoms with Gasteiger partial charge in [-0.2, -0.15) is 5.10 Å². The Labute approximate surface area is 116 Å². The minimum Gasteiger partial charge on any atom is -0.267 e. The van der Waals surface area contributed by atoms with Gasteiger partial charge in [-0.1, -0.05) is 18.2 Å². The Morgan fingerprint density at radius 1 is 1.33 bits per heavy atom. The van der Waals surface area contributed by atoms with Crippen LogP contribution < -0.4 is 5.56 Å². The molecule has 90 valence electrons. The number of hydrogen-bond donors (Lipinski definition) is 0. The van der Waals surface area contributed by atoms with Crippen LogP contribution in [0.5, 0.6) is 0 Å². The molecule has 0 aliphatic carbocycles. The lowest BCUT2D eigenvalue weighted by Gasteiger charge is -2.04. The molecule has 0 atom stereocenters. The largest absolute Gasteiger partial charge is 0.274 e. The van der Waals surface area contributed by atoms with Crippen molar-refractivity contribution in [2.45, 2.75) is 6.54 Å². The predicted molar refractivity (Wildman–Crippen MR) is 77.1 cm³/mol. The second kappa shape index (κ2) is 4.66. The van der Waals surface area contributed by atoms with Crippen LogP contribution in [0.3, 0.4) is 0 Å². The molecule has 0 saturated heterocycles. The Balaban J connectivity index is 2.08. The molecule has 0 aliphatic rings. The third-order valence-electron chi connectivity index (χ3n) is 2.72. The van der Waals surface area contributed by atoms with E-state index < -0.39 is 0 Å². The predicted octanol–water partition coefficient (Wildman–Crippen LogP) is 3.27. The van der Waals surface area contributed by atoms with E-state index in [1.807, 2.05) is 35.7 Å². The number of thiophene rings is 1. The molecule has 2 heterocycles. The summed E-state index contributed by atoms with van der Waals surface area (Å²) < 4.78 is 2.56. The molecule has 3 rings (SSSR count). The molecule has 18 heavy (non-hydrogen) atoms. The SMILES string of the molecule is O=c1c2ccccc2cnn1Cc1csc(Br)c1. The molecule has 0 saturated carbocycles. The first-order valence-electron chi connectivity index (χ1n) is 5.42. The lowest BCUT2D eigenvalue weighted by molar-refractivity contribution is 0.648. The Kier molecular flexibility index (Phi) is 3.01. The second-order valence-electron chi connectivity index (χ2n) is 3.95. The highest BCUT2D eigenvalue weighted by Gasteiger charge is 2.05. The van der Waals surface area contributed by atoms with Gasteiger partial charge in [0.25, 0.3) is 5.56 Å². The molecule has 0 radical (unpaired) electrons. The van der Waals surface area contributed by atoms with Crippen molar-refractivity contribution in [2.75, 3.05) is 0 Å². The van der Waals surface area contributed by atoms with Crippen molar-refractivity contribution in [3.05, 3.63) is 61.6 Å². The van der Waals surface area contributed by atoms with Crippen molar-refractivity contribution < 1.29 is 0 Å². The van der Waals surface area contributed by atoms with Crippen molar-refractivity contribution in [3.8, 4) is 0 Å². The zero-order valence-electron chi connectivity index (χ0n) is 9.34. The van der Waals surface area contributed by atoms with Crippen molar-refractivity contribution >= 4 is 38.0 Å². The number of hydrogen-bond acceptors (Lipinski definition) is 3. The van der Waals surface area contributed by atoms with Gasteiger partial charge in [-0.3, -0.25) is 4.79 Å². The molecule has 0 amide bonds. The number of benzene rings is 1. The summed E-state index contributed by atoms with van der Waals surface area (Å²) in [6.07, 6.45) is 1.73. The fraction of sp³-hybridized carbons (Fsp3) is 0.0769. The van der Waals surface area contributed by atoms with Gasteiger partial charge >= 0.3 is 0 Å². The third-order valence-corrected chi connectivity index (χ3v) is 4.27. The van der Waals surface area contributed by atoms with E-state index >= 15 is 0 Å². The molecule has 0 unspecified atom stereocenters. The Morgan fingerprint density at radius 3 is 2.94 bits per heavy atom. The highest BCUT2D eigenvalue weighted by atomic mass is 79.9. The van der Waals surface area contributed by atoms with E-state index in [2.05, 4.69) is 21.0 Å². The molecular weight excluding hydrogens is 312 g/mol. The van der Waals surface area contributed by atoms with Crippen LogP contribution in [0.2, 0.25) is 0 Å². The molecule has 5 heteroatoms. The van der Waals surface area contributed by atoms with Crippen LogP contribution in [0.4, 0.5) is 0 Å². The first kappa shape index (κ1) is 11.6. The summed E-state index contributed by atoms with van der Waals surface area (Å²) in [5, 5.41) is 7.82. The summed E-state index contributed by atoms with van der Waals surface area (Å²) in [6.45, 7) is 0.506. The minimum absolute atomic E-state index is 0.0459. The van der Waals surface area contributed by atoms with Gasteiger partial charge in [0.05, 0.1) is 21.9 Å². The maximum atomic E-state index is 12.2. The fourth-order valence-corrected chi connectivity index (χ4v) is 3.04. The molecule has 3 nitrogen and oxygen atoms in total. The normalized spacial score (nSPS) is 10.9. The maximum absolute atomic E-state index is 12.2. The van der Waals surface area contributed by atoms with E-state index in [4.69, 9.17) is 0 Å². The summed E-state index contributed by atoms with van der Waals surface area (Å²) >= 11 is 5.02. The first-order valence-corrected chi connectivity index (χ1v) is 7.09. The average Bonchev–Trinajstić information content (AvgIpc) is 2.79. The van der Waals surface area contributed by atoms with Gasteiger partial charge in [-0.15, -0.1) is 11.3 Å². The highest BCUT2D eigenvalue weighted by Crippen LogP contribution is 2.21. The smallest absolute Gasteiger partial charge is 0.267 e. The van der Waals surface area contributed by atoms with E-state index in [0.717, 1.165) is 14.7 Å². The summed E-state index contributed by atoms with van der Waals surface area (Å²) in [6, 6.07) is 9.52. The summed E-state index contributed by atoms with van der Waals surface area (Å²) in [5.74, 6) is 0. The average molecular weight is 321 g/mol. The zero-order chi connectivity index (χ0) is 12.5. The molecule has 0 bridgehead atoms. The van der Waals surface area contributed by atoms with Gasteiger partial charge in [-0.05, 0) is 39.0 Å². The number of aromatic nitrogens is 2. The Bertz CT molecular complexity index is 763. The van der Waals surface area contributed by atoms with Gasteiger partial charge in [-0.25, -0.2) is 4.68 Å². The van der Waals surface area contributed by atoms with Crippen LogP contribution >= 0.6 is 27.3 Å². The zero-order valence-corrected chi connectivity index (χ0v) is 11.7. The highest BCUT2D eigenvalue weighted by molar-refractivity contribution is 9.11. The van der Waals surface area contributed by atoms with E-state index in [0.29, 0.717) is 11.9 Å². The van der Waals surface area contributed by atoms with Crippen LogP contribution in [0, 0.1) is 0 Å². The number of nitrogens with zero attached hydrogens (tertiary/aromatic N) is 2. The fourth-order valence-electron chi connectivity index (χ4n) is 1.84. The Morgan fingerprint density at radius 2 is 2.17 bits per heavy atom. The molecule has 2 aromatic heterocycles. The van der Waals surface area contributed by atoms with Crippen LogP contribution in [0.25, 0.3) is 10.8 Å². The standard InChI is InChI=1S/C13H9BrN2OS/c14-12-5-9(8-18-12)7-16-13(17)11-4-2-1-3-10(11)6-15-16/h1-6,8H,7H2. The molecule has 3 aromatic rings. The Hall–Kier alpha value is -1.46. The van der Waals surface area contributed by atoms with E-state index in [-0.39, 0.29) is 5.56 Å². The lowest BCUT2D eigenvalue weighted by atomic mass is 10.2. The summed E-state index contributed by atoms with van der Waals surface area (Å²) in [7, 11) is 0. The molecule has 0 fully saturated rings. The number of rotatable bonds is 2. The summed E-state index contributed by atoms with van der Waals surface area (Å²) in [5.41, 5.74) is 1.03. The van der Waals surface area contributed by atoms with Crippen LogP contribution in [0.15, 0.2) is 50.5 Å². The van der Waals surface area contributed by atoms with E-state index in [1.165, 1.54) is 4.68 Å². The van der Waals surface area contributed by atoms with Crippen molar-refractivity contribution in [2.24, 2.45) is 0 Å². The van der Waals surface area contributed by atoms with E-state index in [1.54, 1.807) is 17.5 Å². The molecule has 0 aliphatic heterocycles. The summed E-state index contributed by atoms with van der Waals surface area (Å²) in [4.78, 5) is 12.2. The minimum atomic E-state index is -0.0459. The molecule has 0 spiro atoms. The quantitative estimate of drug-likeness (QED) is 0.726. The molecular formula is C13H9BrN2OS. The van der Waals surface area contributed by atoms with Crippen LogP contribution in [-0.4, -0.2) is 9.78 Å². The van der Waals surface area contributed by atoms with Crippen LogP contribution in [-0.2, 0) is 6.54 Å². The number of fused-ring (bicyclic) bond motifs is 1. The van der Waals surface area contributed by atoms with Gasteiger partial charge in [0.15, 0.2) is 0 Å². The molecule has 0 N–H and O–H groups in total. The second-order valence-corrected chi connectivity index (χ2v) is 6.24.